The van der Waals surface area contributed by atoms with Crippen molar-refractivity contribution in [1.82, 2.24) is 9.78 Å². The van der Waals surface area contributed by atoms with Crippen LogP contribution in [-0.2, 0) is 11.3 Å². The first kappa shape index (κ1) is 19.2. The molecule has 28 heavy (non-hydrogen) atoms. The molecule has 3 aromatic rings. The second-order valence-electron chi connectivity index (χ2n) is 5.77. The zero-order valence-electron chi connectivity index (χ0n) is 14.4. The smallest absolute Gasteiger partial charge is 0.270 e. The van der Waals surface area contributed by atoms with Crippen LogP contribution in [0.1, 0.15) is 11.1 Å². The first-order chi connectivity index (χ1) is 13.4. The number of nitro groups is 1. The summed E-state index contributed by atoms with van der Waals surface area (Å²) in [6.07, 6.45) is 4.28. The monoisotopic (exact) mass is 400 g/mol. The molecule has 0 saturated carbocycles. The van der Waals surface area contributed by atoms with E-state index in [0.717, 1.165) is 0 Å². The molecular formula is C19H14ClFN4O3. The standard InChI is InChI=1S/C19H14ClFN4O3/c20-16-5-2-6-17(21)15(16)12-24-10-9-18(23-24)22-19(26)8-7-13-3-1-4-14(11-13)25(27)28/h1-11H,12H2,(H,22,23,26)/b8-7+. The van der Waals surface area contributed by atoms with E-state index in [0.29, 0.717) is 16.1 Å². The summed E-state index contributed by atoms with van der Waals surface area (Å²) in [6, 6.07) is 11.9. The molecule has 0 spiro atoms. The number of amides is 1. The highest BCUT2D eigenvalue weighted by Gasteiger charge is 2.09. The van der Waals surface area contributed by atoms with Gasteiger partial charge in [-0.15, -0.1) is 0 Å². The first-order valence-corrected chi connectivity index (χ1v) is 8.50. The molecule has 1 aromatic heterocycles. The number of nitro benzene ring substituents is 1. The average Bonchev–Trinajstić information content (AvgIpc) is 3.10. The lowest BCUT2D eigenvalue weighted by molar-refractivity contribution is -0.384. The summed E-state index contributed by atoms with van der Waals surface area (Å²) < 4.78 is 15.3. The highest BCUT2D eigenvalue weighted by atomic mass is 35.5. The van der Waals surface area contributed by atoms with Crippen molar-refractivity contribution in [2.75, 3.05) is 5.32 Å². The molecule has 0 aliphatic heterocycles. The van der Waals surface area contributed by atoms with Crippen LogP contribution in [0.5, 0.6) is 0 Å². The molecule has 0 saturated heterocycles. The second-order valence-corrected chi connectivity index (χ2v) is 6.18. The minimum absolute atomic E-state index is 0.0619. The van der Waals surface area contributed by atoms with Crippen molar-refractivity contribution in [2.24, 2.45) is 0 Å². The topological polar surface area (TPSA) is 90.1 Å². The Morgan fingerprint density at radius 1 is 1.29 bits per heavy atom. The van der Waals surface area contributed by atoms with Crippen LogP contribution < -0.4 is 5.32 Å². The highest BCUT2D eigenvalue weighted by Crippen LogP contribution is 2.20. The summed E-state index contributed by atoms with van der Waals surface area (Å²) in [5.41, 5.74) is 0.757. The van der Waals surface area contributed by atoms with Gasteiger partial charge in [-0.3, -0.25) is 19.6 Å². The van der Waals surface area contributed by atoms with Crippen LogP contribution in [0.3, 0.4) is 0 Å². The summed E-state index contributed by atoms with van der Waals surface area (Å²) in [5, 5.41) is 17.8. The van der Waals surface area contributed by atoms with Crippen molar-refractivity contribution in [3.63, 3.8) is 0 Å². The van der Waals surface area contributed by atoms with Crippen molar-refractivity contribution in [3.8, 4) is 0 Å². The number of rotatable bonds is 6. The van der Waals surface area contributed by atoms with Gasteiger partial charge in [0.1, 0.15) is 5.82 Å². The van der Waals surface area contributed by atoms with Gasteiger partial charge in [0.25, 0.3) is 5.69 Å². The summed E-state index contributed by atoms with van der Waals surface area (Å²) >= 11 is 6.00. The van der Waals surface area contributed by atoms with Crippen LogP contribution >= 0.6 is 11.6 Å². The molecule has 9 heteroatoms. The van der Waals surface area contributed by atoms with Gasteiger partial charge in [-0.2, -0.15) is 5.10 Å². The van der Waals surface area contributed by atoms with Crippen molar-refractivity contribution in [1.29, 1.82) is 0 Å². The third-order valence-electron chi connectivity index (χ3n) is 3.78. The number of benzene rings is 2. The number of non-ortho nitro benzene ring substituents is 1. The van der Waals surface area contributed by atoms with Gasteiger partial charge in [-0.05, 0) is 23.8 Å². The van der Waals surface area contributed by atoms with Gasteiger partial charge in [-0.1, -0.05) is 29.8 Å². The zero-order valence-corrected chi connectivity index (χ0v) is 15.1. The summed E-state index contributed by atoms with van der Waals surface area (Å²) in [5.74, 6) is -0.615. The molecular weight excluding hydrogens is 387 g/mol. The summed E-state index contributed by atoms with van der Waals surface area (Å²) in [6.45, 7) is 0.116. The largest absolute Gasteiger partial charge is 0.306 e. The van der Waals surface area contributed by atoms with Gasteiger partial charge in [0.2, 0.25) is 5.91 Å². The number of anilines is 1. The number of aromatic nitrogens is 2. The molecule has 0 radical (unpaired) electrons. The number of nitrogens with zero attached hydrogens (tertiary/aromatic N) is 3. The summed E-state index contributed by atoms with van der Waals surface area (Å²) in [4.78, 5) is 22.3. The van der Waals surface area contributed by atoms with Crippen molar-refractivity contribution in [2.45, 2.75) is 6.54 Å². The van der Waals surface area contributed by atoms with Gasteiger partial charge in [0, 0.05) is 41.1 Å². The van der Waals surface area contributed by atoms with Crippen molar-refractivity contribution in [3.05, 3.63) is 92.9 Å². The molecule has 3 rings (SSSR count). The van der Waals surface area contributed by atoms with Gasteiger partial charge < -0.3 is 5.32 Å². The fourth-order valence-electron chi connectivity index (χ4n) is 2.44. The number of carbonyl (C=O) groups is 1. The fourth-order valence-corrected chi connectivity index (χ4v) is 2.67. The Kier molecular flexibility index (Phi) is 5.81. The van der Waals surface area contributed by atoms with Crippen LogP contribution in [0, 0.1) is 15.9 Å². The molecule has 0 unspecified atom stereocenters. The fraction of sp³-hybridized carbons (Fsp3) is 0.0526. The molecule has 0 atom stereocenters. The Labute approximate surface area is 164 Å². The Bertz CT molecular complexity index is 1040. The maximum absolute atomic E-state index is 13.8. The van der Waals surface area contributed by atoms with E-state index in [2.05, 4.69) is 10.4 Å². The Morgan fingerprint density at radius 3 is 2.82 bits per heavy atom. The van der Waals surface area contributed by atoms with Crippen LogP contribution in [0.4, 0.5) is 15.9 Å². The van der Waals surface area contributed by atoms with Crippen LogP contribution in [0.25, 0.3) is 6.08 Å². The number of hydrogen-bond donors (Lipinski definition) is 1. The van der Waals surface area contributed by atoms with Crippen LogP contribution in [-0.4, -0.2) is 20.6 Å². The van der Waals surface area contributed by atoms with E-state index in [4.69, 9.17) is 11.6 Å². The first-order valence-electron chi connectivity index (χ1n) is 8.12. The van der Waals surface area contributed by atoms with Gasteiger partial charge in [0.15, 0.2) is 5.82 Å². The molecule has 1 heterocycles. The molecule has 2 aromatic carbocycles. The predicted octanol–water partition coefficient (Wildman–Crippen LogP) is 4.28. The van der Waals surface area contributed by atoms with E-state index in [1.165, 1.54) is 47.2 Å². The Balaban J connectivity index is 1.64. The van der Waals surface area contributed by atoms with Gasteiger partial charge in [0.05, 0.1) is 11.5 Å². The third-order valence-corrected chi connectivity index (χ3v) is 4.14. The van der Waals surface area contributed by atoms with E-state index >= 15 is 0 Å². The summed E-state index contributed by atoms with van der Waals surface area (Å²) in [7, 11) is 0. The van der Waals surface area contributed by atoms with Gasteiger partial charge >= 0.3 is 0 Å². The average molecular weight is 401 g/mol. The third kappa shape index (κ3) is 4.80. The molecule has 0 bridgehead atoms. The van der Waals surface area contributed by atoms with Crippen molar-refractivity contribution < 1.29 is 14.1 Å². The lowest BCUT2D eigenvalue weighted by Crippen LogP contribution is -2.09. The lowest BCUT2D eigenvalue weighted by atomic mass is 10.2. The molecule has 1 N–H and O–H groups in total. The molecule has 1 amide bonds. The van der Waals surface area contributed by atoms with E-state index in [-0.39, 0.29) is 18.1 Å². The number of nitrogens with one attached hydrogen (secondary N) is 1. The Hall–Kier alpha value is -3.52. The van der Waals surface area contributed by atoms with Crippen LogP contribution in [0.2, 0.25) is 5.02 Å². The number of hydrogen-bond acceptors (Lipinski definition) is 4. The minimum Gasteiger partial charge on any atom is -0.306 e. The second kappa shape index (κ2) is 8.45. The highest BCUT2D eigenvalue weighted by molar-refractivity contribution is 6.31. The molecule has 142 valence electrons. The van der Waals surface area contributed by atoms with Gasteiger partial charge in [-0.25, -0.2) is 4.39 Å². The van der Waals surface area contributed by atoms with E-state index in [1.807, 2.05) is 0 Å². The normalized spacial score (nSPS) is 10.9. The van der Waals surface area contributed by atoms with E-state index in [9.17, 15) is 19.3 Å². The molecule has 7 nitrogen and oxygen atoms in total. The van der Waals surface area contributed by atoms with E-state index in [1.54, 1.807) is 24.4 Å². The molecule has 0 aliphatic rings. The predicted molar refractivity (Wildman–Crippen MR) is 103 cm³/mol. The van der Waals surface area contributed by atoms with E-state index < -0.39 is 16.6 Å². The molecule has 0 aliphatic carbocycles. The number of halogens is 2. The quantitative estimate of drug-likeness (QED) is 0.380. The minimum atomic E-state index is -0.508. The van der Waals surface area contributed by atoms with Crippen molar-refractivity contribution >= 4 is 35.1 Å². The number of carbonyl (C=O) groups excluding carboxylic acids is 1. The maximum Gasteiger partial charge on any atom is 0.270 e. The maximum atomic E-state index is 13.8. The Morgan fingerprint density at radius 2 is 2.07 bits per heavy atom. The molecule has 0 fully saturated rings. The SMILES string of the molecule is O=C(/C=C/c1cccc([N+](=O)[O-])c1)Nc1ccn(Cc2c(F)cccc2Cl)n1. The zero-order chi connectivity index (χ0) is 20.1. The van der Waals surface area contributed by atoms with Crippen LogP contribution in [0.15, 0.2) is 60.8 Å². The lowest BCUT2D eigenvalue weighted by Gasteiger charge is -2.05.